The minimum absolute atomic E-state index is 0.428. The highest BCUT2D eigenvalue weighted by atomic mass is 15.3. The first-order chi connectivity index (χ1) is 12.3. The van der Waals surface area contributed by atoms with E-state index in [4.69, 9.17) is 0 Å². The minimum Gasteiger partial charge on any atom is -0.366 e. The van der Waals surface area contributed by atoms with Crippen LogP contribution in [0.4, 0.5) is 5.69 Å². The van der Waals surface area contributed by atoms with Gasteiger partial charge in [0, 0.05) is 44.6 Å². The average Bonchev–Trinajstić information content (AvgIpc) is 3.19. The van der Waals surface area contributed by atoms with E-state index in [0.717, 1.165) is 31.9 Å². The first-order valence-corrected chi connectivity index (χ1v) is 8.80. The van der Waals surface area contributed by atoms with Crippen molar-refractivity contribution in [2.24, 2.45) is 0 Å². The Morgan fingerprint density at radius 3 is 2.32 bits per heavy atom. The molecule has 3 aromatic rings. The third-order valence-electron chi connectivity index (χ3n) is 5.01. The van der Waals surface area contributed by atoms with Crippen molar-refractivity contribution in [3.05, 3.63) is 72.8 Å². The van der Waals surface area contributed by atoms with Crippen LogP contribution >= 0.6 is 0 Å². The van der Waals surface area contributed by atoms with Gasteiger partial charge in [-0.1, -0.05) is 18.2 Å². The molecule has 0 radical (unpaired) electrons. The van der Waals surface area contributed by atoms with Crippen molar-refractivity contribution >= 4 is 5.69 Å². The number of benzene rings is 1. The van der Waals surface area contributed by atoms with E-state index in [1.54, 1.807) is 0 Å². The van der Waals surface area contributed by atoms with E-state index in [-0.39, 0.29) is 0 Å². The first kappa shape index (κ1) is 15.8. The summed E-state index contributed by atoms with van der Waals surface area (Å²) in [6.45, 7) is 6.43. The number of hydrogen-bond donors (Lipinski definition) is 0. The number of rotatable bonds is 4. The van der Waals surface area contributed by atoms with E-state index >= 15 is 0 Å². The number of pyridine rings is 1. The molecule has 1 aliphatic heterocycles. The average molecular weight is 333 g/mol. The standard InChI is InChI=1S/C20H23N5/c1-17(18-7-9-21-10-8-18)23-11-13-24(14-12-23)20-15-22-25(16-20)19-5-3-2-4-6-19/h2-10,15-17H,11-14H2,1H3. The number of hydrogen-bond acceptors (Lipinski definition) is 4. The Balaban J connectivity index is 1.40. The van der Waals surface area contributed by atoms with Crippen LogP contribution in [0.15, 0.2) is 67.3 Å². The third kappa shape index (κ3) is 3.42. The van der Waals surface area contributed by atoms with Crippen molar-refractivity contribution < 1.29 is 0 Å². The molecular formula is C20H23N5. The molecule has 0 bridgehead atoms. The number of aromatic nitrogens is 3. The highest BCUT2D eigenvalue weighted by Crippen LogP contribution is 2.23. The van der Waals surface area contributed by atoms with Crippen LogP contribution < -0.4 is 4.90 Å². The van der Waals surface area contributed by atoms with Crippen LogP contribution in [-0.2, 0) is 0 Å². The lowest BCUT2D eigenvalue weighted by Crippen LogP contribution is -2.47. The van der Waals surface area contributed by atoms with E-state index in [2.05, 4.69) is 57.3 Å². The topological polar surface area (TPSA) is 37.2 Å². The minimum atomic E-state index is 0.428. The van der Waals surface area contributed by atoms with E-state index in [1.165, 1.54) is 11.3 Å². The fraction of sp³-hybridized carbons (Fsp3) is 0.300. The highest BCUT2D eigenvalue weighted by Gasteiger charge is 2.22. The monoisotopic (exact) mass is 333 g/mol. The molecule has 1 aliphatic rings. The molecule has 3 heterocycles. The van der Waals surface area contributed by atoms with Crippen molar-refractivity contribution in [1.29, 1.82) is 0 Å². The summed E-state index contributed by atoms with van der Waals surface area (Å²) in [6.07, 6.45) is 7.84. The van der Waals surface area contributed by atoms with E-state index in [9.17, 15) is 0 Å². The molecule has 1 saturated heterocycles. The first-order valence-electron chi connectivity index (χ1n) is 8.80. The van der Waals surface area contributed by atoms with Crippen molar-refractivity contribution in [1.82, 2.24) is 19.7 Å². The summed E-state index contributed by atoms with van der Waals surface area (Å²) in [6, 6.07) is 14.9. The van der Waals surface area contributed by atoms with Crippen LogP contribution in [0.25, 0.3) is 5.69 Å². The summed E-state index contributed by atoms with van der Waals surface area (Å²) in [5.41, 5.74) is 3.62. The molecule has 1 unspecified atom stereocenters. The van der Waals surface area contributed by atoms with Gasteiger partial charge >= 0.3 is 0 Å². The Labute approximate surface area is 148 Å². The maximum Gasteiger partial charge on any atom is 0.0758 e. The molecule has 5 heteroatoms. The molecule has 0 saturated carbocycles. The predicted octanol–water partition coefficient (Wildman–Crippen LogP) is 3.15. The summed E-state index contributed by atoms with van der Waals surface area (Å²) < 4.78 is 1.95. The molecule has 4 rings (SSSR count). The molecule has 0 spiro atoms. The Morgan fingerprint density at radius 2 is 1.60 bits per heavy atom. The summed E-state index contributed by atoms with van der Waals surface area (Å²) in [7, 11) is 0. The molecule has 1 aromatic carbocycles. The molecule has 0 amide bonds. The van der Waals surface area contributed by atoms with Gasteiger partial charge in [-0.2, -0.15) is 5.10 Å². The van der Waals surface area contributed by atoms with Gasteiger partial charge in [0.25, 0.3) is 0 Å². The van der Waals surface area contributed by atoms with Gasteiger partial charge in [-0.05, 0) is 36.8 Å². The number of nitrogens with zero attached hydrogens (tertiary/aromatic N) is 5. The van der Waals surface area contributed by atoms with Crippen LogP contribution in [-0.4, -0.2) is 45.8 Å². The second kappa shape index (κ2) is 7.07. The Bertz CT molecular complexity index is 791. The normalized spacial score (nSPS) is 16.8. The van der Waals surface area contributed by atoms with Crippen LogP contribution in [0.3, 0.4) is 0 Å². The molecular weight excluding hydrogens is 310 g/mol. The zero-order valence-electron chi connectivity index (χ0n) is 14.5. The Morgan fingerprint density at radius 1 is 0.880 bits per heavy atom. The summed E-state index contributed by atoms with van der Waals surface area (Å²) >= 11 is 0. The van der Waals surface area contributed by atoms with Crippen molar-refractivity contribution in [2.45, 2.75) is 13.0 Å². The van der Waals surface area contributed by atoms with Crippen LogP contribution in [0.5, 0.6) is 0 Å². The van der Waals surface area contributed by atoms with Gasteiger partial charge < -0.3 is 4.90 Å². The van der Waals surface area contributed by atoms with E-state index in [1.807, 2.05) is 41.5 Å². The summed E-state index contributed by atoms with van der Waals surface area (Å²) in [5, 5.41) is 4.52. The van der Waals surface area contributed by atoms with E-state index < -0.39 is 0 Å². The third-order valence-corrected chi connectivity index (χ3v) is 5.01. The molecule has 5 nitrogen and oxygen atoms in total. The summed E-state index contributed by atoms with van der Waals surface area (Å²) in [4.78, 5) is 9.07. The molecule has 1 fully saturated rings. The zero-order valence-corrected chi connectivity index (χ0v) is 14.5. The lowest BCUT2D eigenvalue weighted by molar-refractivity contribution is 0.198. The molecule has 1 atom stereocenters. The zero-order chi connectivity index (χ0) is 17.1. The van der Waals surface area contributed by atoms with Crippen molar-refractivity contribution in [3.8, 4) is 5.69 Å². The molecule has 0 aliphatic carbocycles. The van der Waals surface area contributed by atoms with Crippen LogP contribution in [0.1, 0.15) is 18.5 Å². The van der Waals surface area contributed by atoms with Crippen molar-refractivity contribution in [2.75, 3.05) is 31.1 Å². The lowest BCUT2D eigenvalue weighted by Gasteiger charge is -2.38. The Kier molecular flexibility index (Phi) is 4.48. The Hall–Kier alpha value is -2.66. The highest BCUT2D eigenvalue weighted by molar-refractivity contribution is 5.45. The maximum absolute atomic E-state index is 4.52. The van der Waals surface area contributed by atoms with Crippen LogP contribution in [0.2, 0.25) is 0 Å². The fourth-order valence-electron chi connectivity index (χ4n) is 3.42. The van der Waals surface area contributed by atoms with Gasteiger partial charge in [0.05, 0.1) is 23.8 Å². The molecule has 128 valence electrons. The second-order valence-corrected chi connectivity index (χ2v) is 6.46. The maximum atomic E-state index is 4.52. The fourth-order valence-corrected chi connectivity index (χ4v) is 3.42. The lowest BCUT2D eigenvalue weighted by atomic mass is 10.1. The van der Waals surface area contributed by atoms with Gasteiger partial charge in [-0.3, -0.25) is 9.88 Å². The van der Waals surface area contributed by atoms with E-state index in [0.29, 0.717) is 6.04 Å². The van der Waals surface area contributed by atoms with Gasteiger partial charge in [-0.25, -0.2) is 4.68 Å². The largest absolute Gasteiger partial charge is 0.366 e. The predicted molar refractivity (Wildman–Crippen MR) is 100 cm³/mol. The quantitative estimate of drug-likeness (QED) is 0.735. The van der Waals surface area contributed by atoms with Gasteiger partial charge in [0.2, 0.25) is 0 Å². The van der Waals surface area contributed by atoms with Crippen molar-refractivity contribution in [3.63, 3.8) is 0 Å². The molecule has 0 N–H and O–H groups in total. The second-order valence-electron chi connectivity index (χ2n) is 6.46. The van der Waals surface area contributed by atoms with Gasteiger partial charge in [-0.15, -0.1) is 0 Å². The number of piperazine rings is 1. The number of para-hydroxylation sites is 1. The van der Waals surface area contributed by atoms with Gasteiger partial charge in [0.15, 0.2) is 0 Å². The summed E-state index contributed by atoms with van der Waals surface area (Å²) in [5.74, 6) is 0. The smallest absolute Gasteiger partial charge is 0.0758 e. The SMILES string of the molecule is CC(c1ccncc1)N1CCN(c2cnn(-c3ccccc3)c2)CC1. The molecule has 2 aromatic heterocycles. The molecule has 25 heavy (non-hydrogen) atoms. The van der Waals surface area contributed by atoms with Crippen LogP contribution in [0, 0.1) is 0 Å². The van der Waals surface area contributed by atoms with Gasteiger partial charge in [0.1, 0.15) is 0 Å². The number of anilines is 1.